The molecule has 0 unspecified atom stereocenters. The average molecular weight is 424 g/mol. The van der Waals surface area contributed by atoms with Gasteiger partial charge >= 0.3 is 12.1 Å². The molecule has 2 aromatic carbocycles. The molecule has 0 aliphatic carbocycles. The number of anilines is 2. The number of halogens is 3. The van der Waals surface area contributed by atoms with E-state index < -0.39 is 29.7 Å². The summed E-state index contributed by atoms with van der Waals surface area (Å²) in [4.78, 5) is 36.7. The third kappa shape index (κ3) is 5.08. The van der Waals surface area contributed by atoms with Crippen LogP contribution in [0.25, 0.3) is 0 Å². The molecule has 152 valence electrons. The molecule has 2 amide bonds. The average Bonchev–Trinajstić information content (AvgIpc) is 2.66. The number of alkyl halides is 3. The molecule has 1 aliphatic heterocycles. The van der Waals surface area contributed by atoms with Crippen LogP contribution in [0.5, 0.6) is 0 Å². The molecule has 10 heteroatoms. The first-order valence-corrected chi connectivity index (χ1v) is 9.38. The largest absolute Gasteiger partial charge is 0.449 e. The van der Waals surface area contributed by atoms with Gasteiger partial charge in [0.15, 0.2) is 6.10 Å². The van der Waals surface area contributed by atoms with Crippen molar-refractivity contribution in [2.45, 2.75) is 24.1 Å². The number of carbonyl (C=O) groups is 3. The van der Waals surface area contributed by atoms with E-state index in [1.54, 1.807) is 6.07 Å². The van der Waals surface area contributed by atoms with E-state index >= 15 is 0 Å². The minimum Gasteiger partial charge on any atom is -0.449 e. The van der Waals surface area contributed by atoms with Gasteiger partial charge in [0.2, 0.25) is 5.91 Å². The van der Waals surface area contributed by atoms with Crippen molar-refractivity contribution in [1.29, 1.82) is 0 Å². The van der Waals surface area contributed by atoms with Crippen molar-refractivity contribution < 1.29 is 32.3 Å². The van der Waals surface area contributed by atoms with Crippen molar-refractivity contribution in [3.8, 4) is 0 Å². The van der Waals surface area contributed by atoms with Crippen LogP contribution in [-0.2, 0) is 20.5 Å². The van der Waals surface area contributed by atoms with Gasteiger partial charge in [-0.2, -0.15) is 13.2 Å². The van der Waals surface area contributed by atoms with Gasteiger partial charge in [0.05, 0.1) is 22.6 Å². The Hall–Kier alpha value is -3.01. The van der Waals surface area contributed by atoms with E-state index in [1.807, 2.05) is 0 Å². The Morgan fingerprint density at radius 1 is 1.21 bits per heavy atom. The summed E-state index contributed by atoms with van der Waals surface area (Å²) in [5, 5.41) is 4.93. The molecule has 0 saturated carbocycles. The van der Waals surface area contributed by atoms with Gasteiger partial charge in [-0.1, -0.05) is 6.07 Å². The molecule has 0 fully saturated rings. The van der Waals surface area contributed by atoms with Crippen molar-refractivity contribution in [3.05, 3.63) is 53.6 Å². The molecule has 0 saturated heterocycles. The summed E-state index contributed by atoms with van der Waals surface area (Å²) in [7, 11) is 0. The van der Waals surface area contributed by atoms with Crippen LogP contribution in [0.15, 0.2) is 47.4 Å². The number of hydrogen-bond acceptors (Lipinski definition) is 5. The fraction of sp³-hybridized carbons (Fsp3) is 0.211. The van der Waals surface area contributed by atoms with Crippen LogP contribution in [0.4, 0.5) is 24.5 Å². The molecular weight excluding hydrogens is 409 g/mol. The quantitative estimate of drug-likeness (QED) is 0.727. The van der Waals surface area contributed by atoms with Gasteiger partial charge in [0, 0.05) is 10.6 Å². The Kier molecular flexibility index (Phi) is 5.83. The SMILES string of the molecule is C[C@@H](OC(=O)c1ccc2c(c1)NC(=O)CS2)C(=O)Nc1cccc(C(F)(F)F)c1. The molecule has 0 bridgehead atoms. The lowest BCUT2D eigenvalue weighted by molar-refractivity contribution is -0.137. The Morgan fingerprint density at radius 2 is 1.97 bits per heavy atom. The molecule has 1 aliphatic rings. The van der Waals surface area contributed by atoms with E-state index in [2.05, 4.69) is 10.6 Å². The summed E-state index contributed by atoms with van der Waals surface area (Å²) in [6.45, 7) is 1.30. The summed E-state index contributed by atoms with van der Waals surface area (Å²) >= 11 is 1.33. The maximum atomic E-state index is 12.8. The first kappa shape index (κ1) is 20.7. The van der Waals surface area contributed by atoms with Crippen LogP contribution in [0.3, 0.4) is 0 Å². The smallest absolute Gasteiger partial charge is 0.416 e. The lowest BCUT2D eigenvalue weighted by Gasteiger charge is -2.18. The van der Waals surface area contributed by atoms with Crippen LogP contribution in [0.2, 0.25) is 0 Å². The van der Waals surface area contributed by atoms with Crippen LogP contribution >= 0.6 is 11.8 Å². The van der Waals surface area contributed by atoms with E-state index in [1.165, 1.54) is 36.9 Å². The normalized spacial score (nSPS) is 14.4. The molecule has 29 heavy (non-hydrogen) atoms. The van der Waals surface area contributed by atoms with E-state index in [-0.39, 0.29) is 22.9 Å². The van der Waals surface area contributed by atoms with Crippen LogP contribution < -0.4 is 10.6 Å². The van der Waals surface area contributed by atoms with E-state index in [0.29, 0.717) is 5.69 Å². The minimum atomic E-state index is -4.54. The van der Waals surface area contributed by atoms with Crippen molar-refractivity contribution >= 4 is 40.9 Å². The number of hydrogen-bond donors (Lipinski definition) is 2. The molecule has 0 radical (unpaired) electrons. The standard InChI is InChI=1S/C19H15F3N2O4S/c1-10(17(26)23-13-4-2-3-12(8-13)19(20,21)22)28-18(27)11-5-6-15-14(7-11)24-16(25)9-29-15/h2-8,10H,9H2,1H3,(H,23,26)(H,24,25)/t10-/m1/s1. The molecule has 1 heterocycles. The predicted octanol–water partition coefficient (Wildman–Crippen LogP) is 3.93. The van der Waals surface area contributed by atoms with Crippen LogP contribution in [-0.4, -0.2) is 29.6 Å². The van der Waals surface area contributed by atoms with Crippen molar-refractivity contribution in [2.75, 3.05) is 16.4 Å². The number of esters is 1. The van der Waals surface area contributed by atoms with Crippen LogP contribution in [0, 0.1) is 0 Å². The minimum absolute atomic E-state index is 0.0683. The molecule has 1 atom stereocenters. The summed E-state index contributed by atoms with van der Waals surface area (Å²) in [5.74, 6) is -1.49. The summed E-state index contributed by atoms with van der Waals surface area (Å²) in [6.07, 6.45) is -5.80. The Bertz CT molecular complexity index is 978. The Balaban J connectivity index is 1.65. The topological polar surface area (TPSA) is 84.5 Å². The number of rotatable bonds is 4. The predicted molar refractivity (Wildman–Crippen MR) is 101 cm³/mol. The number of ether oxygens (including phenoxy) is 1. The number of nitrogens with one attached hydrogen (secondary N) is 2. The van der Waals surface area contributed by atoms with Gasteiger partial charge in [-0.15, -0.1) is 11.8 Å². The van der Waals surface area contributed by atoms with Gasteiger partial charge in [0.1, 0.15) is 0 Å². The monoisotopic (exact) mass is 424 g/mol. The van der Waals surface area contributed by atoms with Gasteiger partial charge in [0.25, 0.3) is 5.91 Å². The second kappa shape index (κ2) is 8.16. The third-order valence-electron chi connectivity index (χ3n) is 3.96. The summed E-state index contributed by atoms with van der Waals surface area (Å²) in [5.41, 5.74) is -0.373. The number of thioether (sulfide) groups is 1. The highest BCUT2D eigenvalue weighted by molar-refractivity contribution is 8.00. The van der Waals surface area contributed by atoms with Crippen molar-refractivity contribution in [1.82, 2.24) is 0 Å². The number of benzene rings is 2. The highest BCUT2D eigenvalue weighted by atomic mass is 32.2. The van der Waals surface area contributed by atoms with Gasteiger partial charge in [-0.05, 0) is 43.3 Å². The lowest BCUT2D eigenvalue weighted by Crippen LogP contribution is -2.30. The second-order valence-corrected chi connectivity index (χ2v) is 7.18. The number of amides is 2. The van der Waals surface area contributed by atoms with Crippen molar-refractivity contribution in [3.63, 3.8) is 0 Å². The zero-order valence-electron chi connectivity index (χ0n) is 15.0. The highest BCUT2D eigenvalue weighted by Gasteiger charge is 2.30. The Labute approximate surface area is 167 Å². The maximum Gasteiger partial charge on any atom is 0.416 e. The third-order valence-corrected chi connectivity index (χ3v) is 5.03. The second-order valence-electron chi connectivity index (χ2n) is 6.16. The number of fused-ring (bicyclic) bond motifs is 1. The van der Waals surface area contributed by atoms with E-state index in [9.17, 15) is 27.6 Å². The fourth-order valence-electron chi connectivity index (χ4n) is 2.51. The van der Waals surface area contributed by atoms with Gasteiger partial charge in [-0.25, -0.2) is 4.79 Å². The summed E-state index contributed by atoms with van der Waals surface area (Å²) < 4.78 is 43.4. The van der Waals surface area contributed by atoms with E-state index in [4.69, 9.17) is 4.74 Å². The lowest BCUT2D eigenvalue weighted by atomic mass is 10.2. The maximum absolute atomic E-state index is 12.8. The van der Waals surface area contributed by atoms with Gasteiger partial charge < -0.3 is 15.4 Å². The van der Waals surface area contributed by atoms with Crippen LogP contribution in [0.1, 0.15) is 22.8 Å². The van der Waals surface area contributed by atoms with E-state index in [0.717, 1.165) is 23.1 Å². The fourth-order valence-corrected chi connectivity index (χ4v) is 3.30. The molecule has 0 spiro atoms. The molecule has 3 rings (SSSR count). The molecule has 2 aromatic rings. The first-order chi connectivity index (χ1) is 13.6. The summed E-state index contributed by atoms with van der Waals surface area (Å²) in [6, 6.07) is 8.73. The Morgan fingerprint density at radius 3 is 2.69 bits per heavy atom. The first-order valence-electron chi connectivity index (χ1n) is 8.39. The highest BCUT2D eigenvalue weighted by Crippen LogP contribution is 2.32. The molecule has 0 aromatic heterocycles. The van der Waals surface area contributed by atoms with Crippen molar-refractivity contribution in [2.24, 2.45) is 0 Å². The molecule has 2 N–H and O–H groups in total. The van der Waals surface area contributed by atoms with Gasteiger partial charge in [-0.3, -0.25) is 9.59 Å². The zero-order chi connectivity index (χ0) is 21.2. The zero-order valence-corrected chi connectivity index (χ0v) is 15.8. The molecule has 6 nitrogen and oxygen atoms in total. The molecular formula is C19H15F3N2O4S. The number of carbonyl (C=O) groups excluding carboxylic acids is 3.